The zero-order valence-electron chi connectivity index (χ0n) is 16.0. The van der Waals surface area contributed by atoms with E-state index in [0.717, 1.165) is 30.4 Å². The fraction of sp³-hybridized carbons (Fsp3) is 0.381. The van der Waals surface area contributed by atoms with E-state index in [1.54, 1.807) is 0 Å². The standard InChI is InChI=1S/C21H29N3S/c1-6-24(7-2)19-13-11-18(12-14-19)15-23(5)21(25)22-20-10-8-9-16(3)17(20)4/h8-14H,6-7,15H2,1-5H3,(H,22,25). The summed E-state index contributed by atoms with van der Waals surface area (Å²) in [6.45, 7) is 11.4. The summed E-state index contributed by atoms with van der Waals surface area (Å²) in [6, 6.07) is 15.0. The average Bonchev–Trinajstić information content (AvgIpc) is 2.61. The first-order chi connectivity index (χ1) is 12.0. The molecule has 0 radical (unpaired) electrons. The van der Waals surface area contributed by atoms with Gasteiger partial charge in [-0.15, -0.1) is 0 Å². The van der Waals surface area contributed by atoms with Crippen molar-refractivity contribution in [2.75, 3.05) is 30.4 Å². The Morgan fingerprint density at radius 3 is 2.24 bits per heavy atom. The predicted molar refractivity (Wildman–Crippen MR) is 114 cm³/mol. The van der Waals surface area contributed by atoms with Crippen LogP contribution in [-0.2, 0) is 6.54 Å². The molecule has 0 fully saturated rings. The predicted octanol–water partition coefficient (Wildman–Crippen LogP) is 4.98. The molecule has 0 aliphatic rings. The number of thiocarbonyl (C=S) groups is 1. The third-order valence-corrected chi connectivity index (χ3v) is 5.09. The minimum atomic E-state index is 0.738. The molecule has 0 aliphatic carbocycles. The van der Waals surface area contributed by atoms with Gasteiger partial charge in [0.1, 0.15) is 0 Å². The van der Waals surface area contributed by atoms with Crippen molar-refractivity contribution in [2.45, 2.75) is 34.2 Å². The van der Waals surface area contributed by atoms with Gasteiger partial charge in [-0.25, -0.2) is 0 Å². The molecule has 0 bridgehead atoms. The molecular weight excluding hydrogens is 326 g/mol. The molecule has 1 N–H and O–H groups in total. The molecule has 2 rings (SSSR count). The van der Waals surface area contributed by atoms with Crippen LogP contribution in [0.1, 0.15) is 30.5 Å². The van der Waals surface area contributed by atoms with Gasteiger partial charge in [-0.1, -0.05) is 24.3 Å². The van der Waals surface area contributed by atoms with Gasteiger partial charge in [0.05, 0.1) is 0 Å². The highest BCUT2D eigenvalue weighted by Crippen LogP contribution is 2.19. The van der Waals surface area contributed by atoms with E-state index in [1.807, 2.05) is 7.05 Å². The maximum absolute atomic E-state index is 5.57. The topological polar surface area (TPSA) is 18.5 Å². The lowest BCUT2D eigenvalue weighted by molar-refractivity contribution is 0.508. The molecule has 3 nitrogen and oxygen atoms in total. The molecule has 0 heterocycles. The lowest BCUT2D eigenvalue weighted by atomic mass is 10.1. The number of hydrogen-bond donors (Lipinski definition) is 1. The van der Waals surface area contributed by atoms with Crippen LogP contribution in [-0.4, -0.2) is 30.1 Å². The van der Waals surface area contributed by atoms with Crippen LogP contribution in [0.25, 0.3) is 0 Å². The smallest absolute Gasteiger partial charge is 0.173 e. The van der Waals surface area contributed by atoms with Crippen molar-refractivity contribution in [2.24, 2.45) is 0 Å². The third-order valence-electron chi connectivity index (χ3n) is 4.68. The normalized spacial score (nSPS) is 10.4. The summed E-state index contributed by atoms with van der Waals surface area (Å²) in [7, 11) is 2.03. The van der Waals surface area contributed by atoms with Gasteiger partial charge >= 0.3 is 0 Å². The second-order valence-corrected chi connectivity index (χ2v) is 6.76. The van der Waals surface area contributed by atoms with Crippen LogP contribution in [0.3, 0.4) is 0 Å². The molecule has 0 aromatic heterocycles. The van der Waals surface area contributed by atoms with Gasteiger partial charge in [0, 0.05) is 38.1 Å². The number of aryl methyl sites for hydroxylation is 1. The Labute approximate surface area is 157 Å². The van der Waals surface area contributed by atoms with Gasteiger partial charge < -0.3 is 15.1 Å². The highest BCUT2D eigenvalue weighted by atomic mass is 32.1. The minimum absolute atomic E-state index is 0.738. The maximum Gasteiger partial charge on any atom is 0.173 e. The molecule has 134 valence electrons. The van der Waals surface area contributed by atoms with E-state index in [4.69, 9.17) is 12.2 Å². The lowest BCUT2D eigenvalue weighted by Crippen LogP contribution is -2.30. The van der Waals surface area contributed by atoms with Gasteiger partial charge in [-0.2, -0.15) is 0 Å². The zero-order valence-corrected chi connectivity index (χ0v) is 16.8. The number of hydrogen-bond acceptors (Lipinski definition) is 2. The summed E-state index contributed by atoms with van der Waals surface area (Å²) < 4.78 is 0. The molecule has 2 aromatic carbocycles. The van der Waals surface area contributed by atoms with Crippen molar-refractivity contribution < 1.29 is 0 Å². The highest BCUT2D eigenvalue weighted by molar-refractivity contribution is 7.80. The van der Waals surface area contributed by atoms with Crippen LogP contribution >= 0.6 is 12.2 Å². The molecule has 0 aliphatic heterocycles. The average molecular weight is 356 g/mol. The van der Waals surface area contributed by atoms with Gasteiger partial charge in [-0.3, -0.25) is 0 Å². The van der Waals surface area contributed by atoms with E-state index in [0.29, 0.717) is 0 Å². The summed E-state index contributed by atoms with van der Waals surface area (Å²) in [5.41, 5.74) is 6.11. The largest absolute Gasteiger partial charge is 0.372 e. The second kappa shape index (κ2) is 8.86. The molecule has 0 unspecified atom stereocenters. The molecule has 0 saturated carbocycles. The zero-order chi connectivity index (χ0) is 18.4. The summed E-state index contributed by atoms with van der Waals surface area (Å²) in [5.74, 6) is 0. The first-order valence-corrected chi connectivity index (χ1v) is 9.29. The summed E-state index contributed by atoms with van der Waals surface area (Å²) in [4.78, 5) is 4.42. The molecule has 4 heteroatoms. The van der Waals surface area contributed by atoms with E-state index in [-0.39, 0.29) is 0 Å². The number of benzene rings is 2. The van der Waals surface area contributed by atoms with Crippen LogP contribution in [0.4, 0.5) is 11.4 Å². The van der Waals surface area contributed by atoms with Crippen molar-refractivity contribution in [3.63, 3.8) is 0 Å². The van der Waals surface area contributed by atoms with Gasteiger partial charge in [0.2, 0.25) is 0 Å². The van der Waals surface area contributed by atoms with Gasteiger partial charge in [0.15, 0.2) is 5.11 Å². The number of nitrogens with zero attached hydrogens (tertiary/aromatic N) is 2. The fourth-order valence-corrected chi connectivity index (χ4v) is 3.02. The van der Waals surface area contributed by atoms with Crippen molar-refractivity contribution in [3.05, 3.63) is 59.2 Å². The number of rotatable bonds is 6. The third kappa shape index (κ3) is 4.95. The fourth-order valence-electron chi connectivity index (χ4n) is 2.84. The molecule has 2 aromatic rings. The van der Waals surface area contributed by atoms with Crippen LogP contribution < -0.4 is 10.2 Å². The van der Waals surface area contributed by atoms with Gasteiger partial charge in [0.25, 0.3) is 0 Å². The van der Waals surface area contributed by atoms with Gasteiger partial charge in [-0.05, 0) is 74.8 Å². The van der Waals surface area contributed by atoms with E-state index in [9.17, 15) is 0 Å². The molecule has 0 atom stereocenters. The first kappa shape index (κ1) is 19.3. The summed E-state index contributed by atoms with van der Waals surface area (Å²) in [6.07, 6.45) is 0. The number of anilines is 2. The molecule has 0 saturated heterocycles. The number of nitrogens with one attached hydrogen (secondary N) is 1. The van der Waals surface area contributed by atoms with E-state index in [2.05, 4.69) is 85.3 Å². The Morgan fingerprint density at radius 2 is 1.64 bits per heavy atom. The first-order valence-electron chi connectivity index (χ1n) is 8.88. The van der Waals surface area contributed by atoms with E-state index < -0.39 is 0 Å². The molecule has 0 spiro atoms. The Hall–Kier alpha value is -2.07. The Kier molecular flexibility index (Phi) is 6.82. The van der Waals surface area contributed by atoms with Crippen molar-refractivity contribution in [3.8, 4) is 0 Å². The van der Waals surface area contributed by atoms with Crippen molar-refractivity contribution in [1.29, 1.82) is 0 Å². The summed E-state index contributed by atoms with van der Waals surface area (Å²) >= 11 is 5.57. The monoisotopic (exact) mass is 355 g/mol. The van der Waals surface area contributed by atoms with Crippen LogP contribution in [0, 0.1) is 13.8 Å². The minimum Gasteiger partial charge on any atom is -0.372 e. The second-order valence-electron chi connectivity index (χ2n) is 6.37. The molecular formula is C21H29N3S. The Balaban J connectivity index is 2.00. The van der Waals surface area contributed by atoms with Crippen LogP contribution in [0.2, 0.25) is 0 Å². The van der Waals surface area contributed by atoms with Crippen molar-refractivity contribution in [1.82, 2.24) is 4.90 Å². The Morgan fingerprint density at radius 1 is 1.00 bits per heavy atom. The quantitative estimate of drug-likeness (QED) is 0.736. The molecule has 0 amide bonds. The SMILES string of the molecule is CCN(CC)c1ccc(CN(C)C(=S)Nc2cccc(C)c2C)cc1. The van der Waals surface area contributed by atoms with E-state index in [1.165, 1.54) is 22.4 Å². The van der Waals surface area contributed by atoms with E-state index >= 15 is 0 Å². The Bertz CT molecular complexity index is 706. The maximum atomic E-state index is 5.57. The highest BCUT2D eigenvalue weighted by Gasteiger charge is 2.09. The van der Waals surface area contributed by atoms with Crippen LogP contribution in [0.5, 0.6) is 0 Å². The molecule has 25 heavy (non-hydrogen) atoms. The summed E-state index contributed by atoms with van der Waals surface area (Å²) in [5, 5.41) is 4.11. The lowest BCUT2D eigenvalue weighted by Gasteiger charge is -2.24. The van der Waals surface area contributed by atoms with Crippen molar-refractivity contribution >= 4 is 28.7 Å². The van der Waals surface area contributed by atoms with Crippen LogP contribution in [0.15, 0.2) is 42.5 Å².